The molecule has 0 bridgehead atoms. The molecule has 1 aromatic heterocycles. The number of benzene rings is 2. The van der Waals surface area contributed by atoms with E-state index in [0.29, 0.717) is 6.42 Å². The van der Waals surface area contributed by atoms with E-state index in [-0.39, 0.29) is 21.0 Å². The Labute approximate surface area is 150 Å². The average Bonchev–Trinajstić information content (AvgIpc) is 2.89. The van der Waals surface area contributed by atoms with E-state index in [1.54, 1.807) is 6.07 Å². The lowest BCUT2D eigenvalue weighted by Gasteiger charge is -2.12. The highest BCUT2D eigenvalue weighted by molar-refractivity contribution is 7.85. The van der Waals surface area contributed by atoms with E-state index >= 15 is 0 Å². The van der Waals surface area contributed by atoms with Crippen molar-refractivity contribution in [1.82, 2.24) is 4.98 Å². The van der Waals surface area contributed by atoms with Crippen LogP contribution in [0.3, 0.4) is 0 Å². The van der Waals surface area contributed by atoms with Gasteiger partial charge in [0.2, 0.25) is 0 Å². The molecule has 0 aliphatic carbocycles. The van der Waals surface area contributed by atoms with Gasteiger partial charge in [0.15, 0.2) is 4.90 Å². The monoisotopic (exact) mass is 383 g/mol. The normalized spacial score (nSPS) is 13.3. The largest absolute Gasteiger partial charge is 0.361 e. The van der Waals surface area contributed by atoms with Crippen LogP contribution in [0.25, 0.3) is 10.9 Å². The van der Waals surface area contributed by atoms with Crippen LogP contribution in [0.5, 0.6) is 0 Å². The number of aromatic amines is 1. The third-order valence-corrected chi connectivity index (χ3v) is 6.52. The second kappa shape index (κ2) is 6.76. The Morgan fingerprint density at radius 2 is 1.75 bits per heavy atom. The Balaban J connectivity index is 1.83. The first-order chi connectivity index (χ1) is 11.4. The van der Waals surface area contributed by atoms with Crippen molar-refractivity contribution in [3.63, 3.8) is 0 Å². The van der Waals surface area contributed by atoms with Crippen molar-refractivity contribution in [3.8, 4) is 0 Å². The lowest BCUT2D eigenvalue weighted by Crippen LogP contribution is -2.92. The summed E-state index contributed by atoms with van der Waals surface area (Å²) >= 11 is 12.1. The highest BCUT2D eigenvalue weighted by Gasteiger charge is 2.27. The zero-order valence-electron chi connectivity index (χ0n) is 13.0. The Bertz CT molecular complexity index is 963. The molecule has 1 heterocycles. The standard InChI is InChI=1S/C17H16Cl2N2O2S/c1-11(9-12-10-20-16-8-3-2-5-13(12)16)21-24(22,23)17-14(18)6-4-7-15(17)19/h2-8,10-11,20-21H,9H2,1H3/p+1. The molecular formula is C17H17Cl2N2O2S+. The van der Waals surface area contributed by atoms with Gasteiger partial charge in [-0.2, -0.15) is 8.42 Å². The van der Waals surface area contributed by atoms with Crippen molar-refractivity contribution in [2.45, 2.75) is 24.3 Å². The quantitative estimate of drug-likeness (QED) is 0.709. The molecule has 126 valence electrons. The van der Waals surface area contributed by atoms with Crippen molar-refractivity contribution < 1.29 is 13.1 Å². The van der Waals surface area contributed by atoms with Gasteiger partial charge in [0, 0.05) is 23.5 Å². The van der Waals surface area contributed by atoms with Crippen LogP contribution in [0.15, 0.2) is 53.6 Å². The third kappa shape index (κ3) is 3.44. The molecular weight excluding hydrogens is 367 g/mol. The highest BCUT2D eigenvalue weighted by Crippen LogP contribution is 2.27. The van der Waals surface area contributed by atoms with Gasteiger partial charge in [-0.25, -0.2) is 4.72 Å². The molecule has 0 aliphatic heterocycles. The first-order valence-corrected chi connectivity index (χ1v) is 9.77. The predicted molar refractivity (Wildman–Crippen MR) is 97.0 cm³/mol. The van der Waals surface area contributed by atoms with Gasteiger partial charge in [-0.05, 0) is 30.7 Å². The molecule has 24 heavy (non-hydrogen) atoms. The SMILES string of the molecule is CC(Cc1c[nH]c2ccccc12)[NH2+]S(=O)(=O)c1c(Cl)cccc1Cl. The average molecular weight is 384 g/mol. The molecule has 7 heteroatoms. The second-order valence-corrected chi connectivity index (χ2v) is 8.36. The van der Waals surface area contributed by atoms with Gasteiger partial charge in [-0.1, -0.05) is 47.5 Å². The number of nitrogens with two attached hydrogens (primary N) is 1. The van der Waals surface area contributed by atoms with Gasteiger partial charge < -0.3 is 4.98 Å². The molecule has 0 spiro atoms. The molecule has 0 aliphatic rings. The first kappa shape index (κ1) is 17.3. The van der Waals surface area contributed by atoms with Crippen LogP contribution in [-0.4, -0.2) is 19.4 Å². The van der Waals surface area contributed by atoms with Gasteiger partial charge in [-0.15, -0.1) is 0 Å². The summed E-state index contributed by atoms with van der Waals surface area (Å²) in [6, 6.07) is 12.4. The van der Waals surface area contributed by atoms with E-state index in [1.165, 1.54) is 16.9 Å². The van der Waals surface area contributed by atoms with E-state index in [9.17, 15) is 8.42 Å². The van der Waals surface area contributed by atoms with Crippen LogP contribution >= 0.6 is 23.2 Å². The number of fused-ring (bicyclic) bond motifs is 1. The Kier molecular flexibility index (Phi) is 4.88. The number of hydrogen-bond donors (Lipinski definition) is 2. The summed E-state index contributed by atoms with van der Waals surface area (Å²) in [7, 11) is -3.68. The molecule has 1 atom stereocenters. The van der Waals surface area contributed by atoms with Crippen molar-refractivity contribution >= 4 is 44.1 Å². The van der Waals surface area contributed by atoms with Crippen molar-refractivity contribution in [2.24, 2.45) is 0 Å². The van der Waals surface area contributed by atoms with Crippen LogP contribution in [-0.2, 0) is 16.4 Å². The molecule has 3 rings (SSSR count). The fourth-order valence-electron chi connectivity index (χ4n) is 2.82. The highest BCUT2D eigenvalue weighted by atomic mass is 35.5. The number of para-hydroxylation sites is 1. The summed E-state index contributed by atoms with van der Waals surface area (Å²) in [6.45, 7) is 1.87. The molecule has 0 saturated heterocycles. The summed E-state index contributed by atoms with van der Waals surface area (Å²) in [5.74, 6) is 0. The molecule has 0 saturated carbocycles. The summed E-state index contributed by atoms with van der Waals surface area (Å²) in [5.41, 5.74) is 2.12. The molecule has 4 nitrogen and oxygen atoms in total. The smallest absolute Gasteiger partial charge is 0.327 e. The number of rotatable bonds is 5. The molecule has 0 amide bonds. The Morgan fingerprint density at radius 1 is 1.08 bits per heavy atom. The number of quaternary nitrogens is 1. The molecule has 3 aromatic rings. The number of aromatic nitrogens is 1. The maximum Gasteiger partial charge on any atom is 0.327 e. The molecule has 1 unspecified atom stereocenters. The maximum absolute atomic E-state index is 12.6. The van der Waals surface area contributed by atoms with Gasteiger partial charge in [0.1, 0.15) is 6.04 Å². The van der Waals surface area contributed by atoms with Crippen LogP contribution in [0.4, 0.5) is 0 Å². The van der Waals surface area contributed by atoms with Gasteiger partial charge in [0.25, 0.3) is 0 Å². The minimum absolute atomic E-state index is 0.0286. The Morgan fingerprint density at radius 3 is 2.46 bits per heavy atom. The molecule has 0 fully saturated rings. The molecule has 0 radical (unpaired) electrons. The van der Waals surface area contributed by atoms with Crippen molar-refractivity contribution in [3.05, 3.63) is 64.3 Å². The first-order valence-electron chi connectivity index (χ1n) is 7.47. The van der Waals surface area contributed by atoms with Crippen molar-refractivity contribution in [2.75, 3.05) is 0 Å². The zero-order chi connectivity index (χ0) is 17.3. The van der Waals surface area contributed by atoms with Crippen LogP contribution in [0.1, 0.15) is 12.5 Å². The van der Waals surface area contributed by atoms with Gasteiger partial charge >= 0.3 is 10.0 Å². The topological polar surface area (TPSA) is 66.5 Å². The fraction of sp³-hybridized carbons (Fsp3) is 0.176. The van der Waals surface area contributed by atoms with Crippen LogP contribution in [0, 0.1) is 0 Å². The molecule has 3 N–H and O–H groups in total. The van der Waals surface area contributed by atoms with E-state index in [4.69, 9.17) is 23.2 Å². The minimum Gasteiger partial charge on any atom is -0.361 e. The summed E-state index contributed by atoms with van der Waals surface area (Å²) in [4.78, 5) is 3.17. The third-order valence-electron chi connectivity index (χ3n) is 3.83. The predicted octanol–water partition coefficient (Wildman–Crippen LogP) is 3.36. The number of H-pyrrole nitrogens is 1. The van der Waals surface area contributed by atoms with E-state index in [2.05, 4.69) is 4.98 Å². The number of hydrogen-bond acceptors (Lipinski definition) is 2. The number of sulfonamides is 1. The van der Waals surface area contributed by atoms with Gasteiger partial charge in [-0.3, -0.25) is 0 Å². The molecule has 2 aromatic carbocycles. The van der Waals surface area contributed by atoms with Crippen molar-refractivity contribution in [1.29, 1.82) is 0 Å². The lowest BCUT2D eigenvalue weighted by molar-refractivity contribution is -0.535. The zero-order valence-corrected chi connectivity index (χ0v) is 15.3. The minimum atomic E-state index is -3.68. The summed E-state index contributed by atoms with van der Waals surface area (Å²) in [6.07, 6.45) is 2.52. The Hall–Kier alpha value is -1.53. The van der Waals surface area contributed by atoms with E-state index in [1.807, 2.05) is 37.4 Å². The van der Waals surface area contributed by atoms with Crippen LogP contribution < -0.4 is 4.72 Å². The van der Waals surface area contributed by atoms with E-state index < -0.39 is 10.0 Å². The number of halogens is 2. The fourth-order valence-corrected chi connectivity index (χ4v) is 5.39. The second-order valence-electron chi connectivity index (χ2n) is 5.77. The number of primary sulfonamides is 1. The van der Waals surface area contributed by atoms with Gasteiger partial charge in [0.05, 0.1) is 10.0 Å². The summed E-state index contributed by atoms with van der Waals surface area (Å²) < 4.78 is 26.6. The van der Waals surface area contributed by atoms with Crippen LogP contribution in [0.2, 0.25) is 10.0 Å². The van der Waals surface area contributed by atoms with E-state index in [0.717, 1.165) is 16.5 Å². The maximum atomic E-state index is 12.6. The lowest BCUT2D eigenvalue weighted by atomic mass is 10.1. The number of nitrogens with one attached hydrogen (secondary N) is 1. The summed E-state index contributed by atoms with van der Waals surface area (Å²) in [5, 5.41) is 1.38.